The van der Waals surface area contributed by atoms with Crippen molar-refractivity contribution in [2.24, 2.45) is 5.92 Å². The number of hydrogen-bond acceptors (Lipinski definition) is 2. The Morgan fingerprint density at radius 1 is 1.38 bits per heavy atom. The van der Waals surface area contributed by atoms with Crippen molar-refractivity contribution in [2.75, 3.05) is 25.0 Å². The van der Waals surface area contributed by atoms with E-state index in [1.165, 1.54) is 36.2 Å². The van der Waals surface area contributed by atoms with Crippen molar-refractivity contribution < 1.29 is 0 Å². The molecule has 0 amide bonds. The number of aryl methyl sites for hydroxylation is 1. The molecule has 86 valence electrons. The molecular weight excluding hydrogens is 196 g/mol. The molecule has 2 heterocycles. The number of hydrogen-bond donors (Lipinski definition) is 1. The highest BCUT2D eigenvalue weighted by Gasteiger charge is 2.33. The topological polar surface area (TPSA) is 15.3 Å². The van der Waals surface area contributed by atoms with Gasteiger partial charge in [-0.15, -0.1) is 0 Å². The first kappa shape index (κ1) is 10.2. The highest BCUT2D eigenvalue weighted by Crippen LogP contribution is 2.35. The quantitative estimate of drug-likeness (QED) is 0.713. The smallest absolute Gasteiger partial charge is 0.0443 e. The number of rotatable bonds is 0. The van der Waals surface area contributed by atoms with Gasteiger partial charge in [0.25, 0.3) is 0 Å². The molecule has 0 aromatic heterocycles. The maximum Gasteiger partial charge on any atom is 0.0443 e. The van der Waals surface area contributed by atoms with Crippen LogP contribution < -0.4 is 10.2 Å². The van der Waals surface area contributed by atoms with Crippen LogP contribution in [0, 0.1) is 12.8 Å². The van der Waals surface area contributed by atoms with Crippen molar-refractivity contribution in [1.29, 1.82) is 0 Å². The molecular formula is C14H20N2. The molecule has 2 aliphatic rings. The molecule has 1 fully saturated rings. The summed E-state index contributed by atoms with van der Waals surface area (Å²) in [5, 5.41) is 3.52. The summed E-state index contributed by atoms with van der Waals surface area (Å²) in [6.45, 7) is 4.52. The van der Waals surface area contributed by atoms with Crippen LogP contribution in [0.2, 0.25) is 0 Å². The number of benzene rings is 1. The summed E-state index contributed by atoms with van der Waals surface area (Å²) in [5.41, 5.74) is 4.36. The molecule has 0 radical (unpaired) electrons. The third-order valence-electron chi connectivity index (χ3n) is 4.19. The van der Waals surface area contributed by atoms with Gasteiger partial charge in [0.15, 0.2) is 0 Å². The second kappa shape index (κ2) is 3.77. The lowest BCUT2D eigenvalue weighted by Crippen LogP contribution is -2.53. The molecule has 0 bridgehead atoms. The fourth-order valence-electron chi connectivity index (χ4n) is 3.22. The number of piperidine rings is 1. The van der Waals surface area contributed by atoms with Crippen LogP contribution in [0.4, 0.5) is 5.69 Å². The molecule has 16 heavy (non-hydrogen) atoms. The van der Waals surface area contributed by atoms with Gasteiger partial charge in [-0.1, -0.05) is 12.1 Å². The molecule has 2 unspecified atom stereocenters. The summed E-state index contributed by atoms with van der Waals surface area (Å²) >= 11 is 0. The van der Waals surface area contributed by atoms with Crippen LogP contribution >= 0.6 is 0 Å². The summed E-state index contributed by atoms with van der Waals surface area (Å²) in [5.74, 6) is 0.849. The fourth-order valence-corrected chi connectivity index (χ4v) is 3.22. The van der Waals surface area contributed by atoms with E-state index in [-0.39, 0.29) is 0 Å². The van der Waals surface area contributed by atoms with Crippen molar-refractivity contribution in [3.05, 3.63) is 29.3 Å². The van der Waals surface area contributed by atoms with Crippen molar-refractivity contribution in [3.63, 3.8) is 0 Å². The summed E-state index contributed by atoms with van der Waals surface area (Å²) in [6, 6.07) is 7.59. The third-order valence-corrected chi connectivity index (χ3v) is 4.19. The molecule has 2 heteroatoms. The van der Waals surface area contributed by atoms with E-state index < -0.39 is 0 Å². The van der Waals surface area contributed by atoms with Gasteiger partial charge in [-0.3, -0.25) is 0 Å². The molecule has 1 N–H and O–H groups in total. The highest BCUT2D eigenvalue weighted by molar-refractivity contribution is 5.58. The van der Waals surface area contributed by atoms with Gasteiger partial charge in [0.2, 0.25) is 0 Å². The summed E-state index contributed by atoms with van der Waals surface area (Å²) in [7, 11) is 2.25. The van der Waals surface area contributed by atoms with Crippen LogP contribution in [0.25, 0.3) is 0 Å². The van der Waals surface area contributed by atoms with Crippen LogP contribution in [0.5, 0.6) is 0 Å². The lowest BCUT2D eigenvalue weighted by molar-refractivity contribution is 0.303. The maximum absolute atomic E-state index is 3.52. The second-order valence-corrected chi connectivity index (χ2v) is 5.27. The van der Waals surface area contributed by atoms with Crippen LogP contribution in [0.15, 0.2) is 18.2 Å². The molecule has 0 spiro atoms. The Hall–Kier alpha value is -1.02. The average Bonchev–Trinajstić information content (AvgIpc) is 2.31. The standard InChI is InChI=1S/C14H20N2/c1-10-3-4-11-8-12-5-6-15-9-14(12)16(2)13(11)7-10/h3-4,7,12,14-15H,5-6,8-9H2,1-2H3. The monoisotopic (exact) mass is 216 g/mol. The Kier molecular flexibility index (Phi) is 2.40. The maximum atomic E-state index is 3.52. The van der Waals surface area contributed by atoms with E-state index in [1.54, 1.807) is 0 Å². The van der Waals surface area contributed by atoms with Gasteiger partial charge in [-0.25, -0.2) is 0 Å². The zero-order valence-electron chi connectivity index (χ0n) is 10.2. The Labute approximate surface area is 97.6 Å². The van der Waals surface area contributed by atoms with Crippen LogP contribution in [0.3, 0.4) is 0 Å². The molecule has 1 saturated heterocycles. The van der Waals surface area contributed by atoms with Crippen LogP contribution in [0.1, 0.15) is 17.5 Å². The van der Waals surface area contributed by atoms with E-state index in [0.29, 0.717) is 6.04 Å². The average molecular weight is 216 g/mol. The number of nitrogens with zero attached hydrogens (tertiary/aromatic N) is 1. The molecule has 2 nitrogen and oxygen atoms in total. The van der Waals surface area contributed by atoms with Gasteiger partial charge < -0.3 is 10.2 Å². The van der Waals surface area contributed by atoms with Crippen molar-refractivity contribution in [2.45, 2.75) is 25.8 Å². The van der Waals surface area contributed by atoms with Gasteiger partial charge >= 0.3 is 0 Å². The van der Waals surface area contributed by atoms with E-state index in [1.807, 2.05) is 0 Å². The third kappa shape index (κ3) is 1.52. The molecule has 1 aromatic carbocycles. The van der Waals surface area contributed by atoms with Gasteiger partial charge in [0.05, 0.1) is 0 Å². The predicted molar refractivity (Wildman–Crippen MR) is 68.1 cm³/mol. The van der Waals surface area contributed by atoms with Crippen molar-refractivity contribution >= 4 is 5.69 Å². The number of anilines is 1. The lowest BCUT2D eigenvalue weighted by atomic mass is 9.81. The molecule has 2 atom stereocenters. The van der Waals surface area contributed by atoms with Crippen molar-refractivity contribution in [1.82, 2.24) is 5.32 Å². The van der Waals surface area contributed by atoms with Gasteiger partial charge in [0, 0.05) is 25.3 Å². The lowest BCUT2D eigenvalue weighted by Gasteiger charge is -2.44. The first-order valence-corrected chi connectivity index (χ1v) is 6.29. The zero-order chi connectivity index (χ0) is 11.1. The van der Waals surface area contributed by atoms with Crippen LogP contribution in [-0.2, 0) is 6.42 Å². The minimum atomic E-state index is 0.697. The van der Waals surface area contributed by atoms with Gasteiger partial charge in [0.1, 0.15) is 0 Å². The van der Waals surface area contributed by atoms with Gasteiger partial charge in [-0.05, 0) is 49.4 Å². The van der Waals surface area contributed by atoms with Gasteiger partial charge in [-0.2, -0.15) is 0 Å². The minimum Gasteiger partial charge on any atom is -0.370 e. The summed E-state index contributed by atoms with van der Waals surface area (Å²) < 4.78 is 0. The van der Waals surface area contributed by atoms with Crippen LogP contribution in [-0.4, -0.2) is 26.2 Å². The number of fused-ring (bicyclic) bond motifs is 2. The Bertz CT molecular complexity index is 400. The zero-order valence-corrected chi connectivity index (χ0v) is 10.2. The van der Waals surface area contributed by atoms with E-state index >= 15 is 0 Å². The highest BCUT2D eigenvalue weighted by atomic mass is 15.2. The van der Waals surface area contributed by atoms with E-state index in [2.05, 4.69) is 42.4 Å². The first-order valence-electron chi connectivity index (χ1n) is 6.29. The molecule has 0 saturated carbocycles. The first-order chi connectivity index (χ1) is 7.75. The summed E-state index contributed by atoms with van der Waals surface area (Å²) in [4.78, 5) is 2.49. The Morgan fingerprint density at radius 2 is 2.25 bits per heavy atom. The Morgan fingerprint density at radius 3 is 3.12 bits per heavy atom. The Balaban J connectivity index is 2.00. The normalized spacial score (nSPS) is 28.5. The SMILES string of the molecule is Cc1ccc2c(c1)N(C)C1CNCCC1C2. The number of likely N-dealkylation sites (N-methyl/N-ethyl adjacent to an activating group) is 1. The summed E-state index contributed by atoms with van der Waals surface area (Å²) in [6.07, 6.45) is 2.59. The predicted octanol–water partition coefficient (Wildman–Crippen LogP) is 1.97. The molecule has 1 aromatic rings. The number of nitrogens with one attached hydrogen (secondary N) is 1. The molecule has 2 aliphatic heterocycles. The minimum absolute atomic E-state index is 0.697. The fraction of sp³-hybridized carbons (Fsp3) is 0.571. The van der Waals surface area contributed by atoms with E-state index in [9.17, 15) is 0 Å². The molecule has 3 rings (SSSR count). The molecule has 0 aliphatic carbocycles. The van der Waals surface area contributed by atoms with E-state index in [0.717, 1.165) is 12.5 Å². The second-order valence-electron chi connectivity index (χ2n) is 5.27. The largest absolute Gasteiger partial charge is 0.370 e. The van der Waals surface area contributed by atoms with E-state index in [4.69, 9.17) is 0 Å². The van der Waals surface area contributed by atoms with Crippen molar-refractivity contribution in [3.8, 4) is 0 Å².